The van der Waals surface area contributed by atoms with E-state index in [2.05, 4.69) is 25.8 Å². The summed E-state index contributed by atoms with van der Waals surface area (Å²) >= 11 is 1.15. The summed E-state index contributed by atoms with van der Waals surface area (Å²) in [5.74, 6) is -3.06. The van der Waals surface area contributed by atoms with Crippen molar-refractivity contribution in [1.29, 1.82) is 0 Å². The van der Waals surface area contributed by atoms with Crippen molar-refractivity contribution in [3.05, 3.63) is 18.1 Å². The Morgan fingerprint density at radius 3 is 2.85 bits per heavy atom. The molecule has 3 N–H and O–H groups in total. The number of carbonyl (C=O) groups is 5. The molecule has 0 aliphatic carbocycles. The van der Waals surface area contributed by atoms with Gasteiger partial charge < -0.3 is 30.2 Å². The number of fused-ring (bicyclic) bond motifs is 1. The van der Waals surface area contributed by atoms with Gasteiger partial charge in [-0.1, -0.05) is 5.16 Å². The highest BCUT2D eigenvalue weighted by Gasteiger charge is 2.58. The summed E-state index contributed by atoms with van der Waals surface area (Å²) in [6, 6.07) is 0.456. The Balaban J connectivity index is 1.72. The van der Waals surface area contributed by atoms with Crippen molar-refractivity contribution in [3.63, 3.8) is 0 Å². The number of β-lactam (4-membered cyclic amide) rings is 1. The Labute approximate surface area is 191 Å². The number of carboxylic acids is 1. The fourth-order valence-corrected chi connectivity index (χ4v) is 4.77. The lowest BCUT2D eigenvalue weighted by Crippen LogP contribution is -2.74. The predicted molar refractivity (Wildman–Crippen MR) is 112 cm³/mol. The van der Waals surface area contributed by atoms with E-state index in [9.17, 15) is 29.1 Å². The van der Waals surface area contributed by atoms with Crippen LogP contribution in [0.1, 0.15) is 12.7 Å². The lowest BCUT2D eigenvalue weighted by molar-refractivity contribution is -0.164. The van der Waals surface area contributed by atoms with Crippen LogP contribution < -0.4 is 10.6 Å². The number of carbonyl (C=O) groups excluding carboxylic acids is 4. The predicted octanol–water partition coefficient (Wildman–Crippen LogP) is -1.57. The maximum Gasteiger partial charge on any atom is 0.315 e. The van der Waals surface area contributed by atoms with Gasteiger partial charge in [-0.3, -0.25) is 24.0 Å². The summed E-state index contributed by atoms with van der Waals surface area (Å²) in [6.07, 6.45) is 1.70. The zero-order valence-electron chi connectivity index (χ0n) is 17.5. The third-order valence-electron chi connectivity index (χ3n) is 4.91. The number of hydrogen-bond acceptors (Lipinski definition) is 11. The van der Waals surface area contributed by atoms with E-state index < -0.39 is 40.6 Å². The minimum atomic E-state index is -1.44. The molecular formula is C18H20N6O8S. The fourth-order valence-electron chi connectivity index (χ4n) is 3.24. The molecule has 33 heavy (non-hydrogen) atoms. The van der Waals surface area contributed by atoms with Crippen LogP contribution >= 0.6 is 11.8 Å². The van der Waals surface area contributed by atoms with Crippen LogP contribution in [0.25, 0.3) is 0 Å². The minimum Gasteiger partial charge on any atom is -0.481 e. The third kappa shape index (κ3) is 4.87. The third-order valence-corrected chi connectivity index (χ3v) is 6.50. The van der Waals surface area contributed by atoms with E-state index in [-0.39, 0.29) is 36.3 Å². The first-order valence-electron chi connectivity index (χ1n) is 9.47. The van der Waals surface area contributed by atoms with E-state index in [4.69, 9.17) is 9.57 Å². The number of nitrogens with one attached hydrogen (secondary N) is 2. The molecule has 0 radical (unpaired) electrons. The van der Waals surface area contributed by atoms with Gasteiger partial charge in [-0.05, 0) is 6.07 Å². The topological polar surface area (TPSA) is 189 Å². The van der Waals surface area contributed by atoms with E-state index >= 15 is 0 Å². The van der Waals surface area contributed by atoms with Gasteiger partial charge >= 0.3 is 11.9 Å². The number of rotatable bonds is 9. The molecule has 3 heterocycles. The van der Waals surface area contributed by atoms with Gasteiger partial charge in [-0.25, -0.2) is 9.97 Å². The monoisotopic (exact) mass is 480 g/mol. The zero-order chi connectivity index (χ0) is 24.2. The van der Waals surface area contributed by atoms with Gasteiger partial charge in [0.1, 0.15) is 36.4 Å². The summed E-state index contributed by atoms with van der Waals surface area (Å²) in [4.78, 5) is 73.0. The highest BCUT2D eigenvalue weighted by molar-refractivity contribution is 8.00. The molecule has 0 bridgehead atoms. The highest BCUT2D eigenvalue weighted by atomic mass is 32.2. The lowest BCUT2D eigenvalue weighted by atomic mass is 9.88. The number of aromatic nitrogens is 2. The second kappa shape index (κ2) is 9.81. The van der Waals surface area contributed by atoms with Crippen molar-refractivity contribution in [2.24, 2.45) is 10.6 Å². The molecule has 3 atom stereocenters. The lowest BCUT2D eigenvalue weighted by Gasteiger charge is -2.53. The van der Waals surface area contributed by atoms with Crippen LogP contribution in [0.4, 0.5) is 5.82 Å². The number of amides is 3. The van der Waals surface area contributed by atoms with Gasteiger partial charge in [0.05, 0.1) is 0 Å². The number of thioether (sulfide) groups is 1. The summed E-state index contributed by atoms with van der Waals surface area (Å²) in [6.45, 7) is 0.633. The Kier molecular flexibility index (Phi) is 7.10. The normalized spacial score (nSPS) is 24.1. The van der Waals surface area contributed by atoms with E-state index in [0.29, 0.717) is 6.41 Å². The molecule has 3 amide bonds. The Morgan fingerprint density at radius 1 is 1.45 bits per heavy atom. The largest absolute Gasteiger partial charge is 0.481 e. The van der Waals surface area contributed by atoms with Gasteiger partial charge in [0.15, 0.2) is 5.82 Å². The zero-order valence-corrected chi connectivity index (χ0v) is 18.3. The van der Waals surface area contributed by atoms with Crippen molar-refractivity contribution < 1.29 is 38.7 Å². The van der Waals surface area contributed by atoms with Crippen LogP contribution in [0.15, 0.2) is 17.4 Å². The molecule has 14 nitrogen and oxygen atoms in total. The van der Waals surface area contributed by atoms with Crippen molar-refractivity contribution in [1.82, 2.24) is 20.2 Å². The number of carboxylic acid groups (broad SMARTS) is 1. The van der Waals surface area contributed by atoms with E-state index in [0.717, 1.165) is 11.8 Å². The van der Waals surface area contributed by atoms with Gasteiger partial charge in [-0.15, -0.1) is 11.8 Å². The second-order valence-electron chi connectivity index (χ2n) is 7.13. The Morgan fingerprint density at radius 2 is 2.21 bits per heavy atom. The minimum absolute atomic E-state index is 0.0674. The smallest absolute Gasteiger partial charge is 0.315 e. The van der Waals surface area contributed by atoms with Crippen LogP contribution in [0.2, 0.25) is 0 Å². The molecule has 15 heteroatoms. The van der Waals surface area contributed by atoms with Crippen LogP contribution in [-0.4, -0.2) is 93.3 Å². The summed E-state index contributed by atoms with van der Waals surface area (Å²) in [5, 5.41) is 17.6. The first-order chi connectivity index (χ1) is 15.7. The van der Waals surface area contributed by atoms with Gasteiger partial charge in [0, 0.05) is 25.4 Å². The molecule has 2 unspecified atom stereocenters. The quantitative estimate of drug-likeness (QED) is 0.122. The second-order valence-corrected chi connectivity index (χ2v) is 8.24. The number of esters is 1. The fraction of sp³-hybridized carbons (Fsp3) is 0.444. The van der Waals surface area contributed by atoms with Crippen LogP contribution in [0.5, 0.6) is 0 Å². The molecule has 0 spiro atoms. The number of hydrogen-bond donors (Lipinski definition) is 3. The molecule has 2 fully saturated rings. The van der Waals surface area contributed by atoms with E-state index in [1.165, 1.54) is 31.2 Å². The molecule has 2 aliphatic rings. The molecule has 176 valence electrons. The number of anilines is 1. The first kappa shape index (κ1) is 23.9. The summed E-state index contributed by atoms with van der Waals surface area (Å²) in [7, 11) is 1.21. The number of ether oxygens (including phenoxy) is 1. The van der Waals surface area contributed by atoms with Gasteiger partial charge in [-0.2, -0.15) is 0 Å². The molecule has 0 saturated carbocycles. The first-order valence-corrected chi connectivity index (χ1v) is 10.5. The van der Waals surface area contributed by atoms with Crippen LogP contribution in [0.3, 0.4) is 0 Å². The molecule has 1 aromatic rings. The molecule has 2 aliphatic heterocycles. The SMILES string of the molecule is CON=C(C(=O)NC1C(=O)N2CC(COC(C)=O)(C(=O)O)CS[C@H]12)c1nccc(NC=O)n1. The average Bonchev–Trinajstić information content (AvgIpc) is 2.79. The number of oxime groups is 1. The maximum atomic E-state index is 12.8. The molecule has 2 saturated heterocycles. The van der Waals surface area contributed by atoms with E-state index in [1.54, 1.807) is 0 Å². The number of nitrogens with zero attached hydrogens (tertiary/aromatic N) is 4. The number of aliphatic carboxylic acids is 1. The van der Waals surface area contributed by atoms with Gasteiger partial charge in [0.2, 0.25) is 18.0 Å². The summed E-state index contributed by atoms with van der Waals surface area (Å²) < 4.78 is 4.90. The summed E-state index contributed by atoms with van der Waals surface area (Å²) in [5.41, 5.74) is -1.77. The Hall–Kier alpha value is -3.75. The molecule has 0 aromatic carbocycles. The highest BCUT2D eigenvalue weighted by Crippen LogP contribution is 2.42. The van der Waals surface area contributed by atoms with E-state index in [1.807, 2.05) is 0 Å². The Bertz CT molecular complexity index is 1020. The maximum absolute atomic E-state index is 12.8. The van der Waals surface area contributed by atoms with Gasteiger partial charge in [0.25, 0.3) is 5.91 Å². The van der Waals surface area contributed by atoms with Crippen molar-refractivity contribution in [3.8, 4) is 0 Å². The van der Waals surface area contributed by atoms with Crippen molar-refractivity contribution in [2.75, 3.05) is 31.3 Å². The molecular weight excluding hydrogens is 460 g/mol. The van der Waals surface area contributed by atoms with Crippen molar-refractivity contribution in [2.45, 2.75) is 18.3 Å². The van der Waals surface area contributed by atoms with Crippen LogP contribution in [0, 0.1) is 5.41 Å². The van der Waals surface area contributed by atoms with Crippen LogP contribution in [-0.2, 0) is 33.5 Å². The van der Waals surface area contributed by atoms with Crippen molar-refractivity contribution >= 4 is 53.5 Å². The molecule has 1 aromatic heterocycles. The standard InChI is InChI=1S/C18H20N6O8S/c1-9(26)32-6-18(17(29)30)5-24-15(28)12(16(24)33-7-18)22-14(27)11(23-31-2)13-19-4-3-10(21-13)20-8-25/h3-4,8,12,16H,5-7H2,1-2H3,(H,22,27)(H,29,30)(H,19,20,21,25)/t12?,16-,18?/m1/s1. The molecule has 3 rings (SSSR count). The average molecular weight is 480 g/mol.